The normalized spacial score (nSPS) is 16.2. The first-order chi connectivity index (χ1) is 8.81. The molecule has 3 nitrogen and oxygen atoms in total. The highest BCUT2D eigenvalue weighted by Crippen LogP contribution is 2.48. The number of carbonyl (C=O) groups is 1. The van der Waals surface area contributed by atoms with Gasteiger partial charge in [-0.2, -0.15) is 0 Å². The van der Waals surface area contributed by atoms with Crippen LogP contribution in [0.3, 0.4) is 0 Å². The van der Waals surface area contributed by atoms with Gasteiger partial charge in [-0.25, -0.2) is 0 Å². The van der Waals surface area contributed by atoms with E-state index in [1.165, 1.54) is 0 Å². The fourth-order valence-corrected chi connectivity index (χ4v) is 2.28. The van der Waals surface area contributed by atoms with Crippen LogP contribution in [-0.4, -0.2) is 5.91 Å². The van der Waals surface area contributed by atoms with Gasteiger partial charge in [0.2, 0.25) is 5.91 Å². The zero-order valence-electron chi connectivity index (χ0n) is 10.1. The van der Waals surface area contributed by atoms with Gasteiger partial charge in [-0.15, -0.1) is 0 Å². The van der Waals surface area contributed by atoms with E-state index in [2.05, 4.69) is 5.32 Å². The van der Waals surface area contributed by atoms with Crippen molar-refractivity contribution in [3.63, 3.8) is 0 Å². The minimum absolute atomic E-state index is 0.102. The van der Waals surface area contributed by atoms with E-state index < -0.39 is 0 Å². The number of carbonyl (C=O) groups excluding carboxylic acids is 1. The first-order valence-electron chi connectivity index (χ1n) is 6.17. The molecule has 0 aliphatic heterocycles. The zero-order valence-corrected chi connectivity index (χ0v) is 10.1. The van der Waals surface area contributed by atoms with E-state index >= 15 is 0 Å². The minimum atomic E-state index is -0.298. The molecule has 3 heteroatoms. The number of furan rings is 1. The molecule has 3 rings (SSSR count). The van der Waals surface area contributed by atoms with Gasteiger partial charge in [0.05, 0.1) is 18.2 Å². The molecular weight excluding hydrogens is 226 g/mol. The van der Waals surface area contributed by atoms with Crippen molar-refractivity contribution in [2.45, 2.75) is 24.8 Å². The summed E-state index contributed by atoms with van der Waals surface area (Å²) >= 11 is 0. The summed E-state index contributed by atoms with van der Waals surface area (Å²) in [5, 5.41) is 2.95. The molecule has 1 amide bonds. The highest BCUT2D eigenvalue weighted by molar-refractivity contribution is 5.91. The highest BCUT2D eigenvalue weighted by Gasteiger charge is 2.50. The molecule has 1 aliphatic rings. The van der Waals surface area contributed by atoms with Crippen LogP contribution in [0.25, 0.3) is 0 Å². The lowest BCUT2D eigenvalue weighted by atomic mass is 9.95. The molecule has 0 atom stereocenters. The van der Waals surface area contributed by atoms with Crippen LogP contribution in [0.15, 0.2) is 53.1 Å². The van der Waals surface area contributed by atoms with Crippen molar-refractivity contribution in [1.82, 2.24) is 5.32 Å². The molecule has 1 fully saturated rings. The van der Waals surface area contributed by atoms with E-state index in [9.17, 15) is 4.79 Å². The third-order valence-corrected chi connectivity index (χ3v) is 3.51. The van der Waals surface area contributed by atoms with Gasteiger partial charge in [0.25, 0.3) is 0 Å². The van der Waals surface area contributed by atoms with E-state index in [1.807, 2.05) is 42.5 Å². The van der Waals surface area contributed by atoms with Crippen LogP contribution < -0.4 is 5.32 Å². The Hall–Kier alpha value is -2.03. The van der Waals surface area contributed by atoms with Crippen molar-refractivity contribution in [3.8, 4) is 0 Å². The molecular formula is C15H15NO2. The Labute approximate surface area is 106 Å². The fourth-order valence-electron chi connectivity index (χ4n) is 2.28. The molecule has 0 spiro atoms. The van der Waals surface area contributed by atoms with E-state index in [0.717, 1.165) is 24.2 Å². The summed E-state index contributed by atoms with van der Waals surface area (Å²) in [6, 6.07) is 13.7. The molecule has 1 saturated carbocycles. The lowest BCUT2D eigenvalue weighted by Crippen LogP contribution is -2.34. The van der Waals surface area contributed by atoms with Crippen LogP contribution in [0.4, 0.5) is 0 Å². The molecule has 1 aromatic carbocycles. The summed E-state index contributed by atoms with van der Waals surface area (Å²) in [5.74, 6) is 0.886. The number of rotatable bonds is 4. The summed E-state index contributed by atoms with van der Waals surface area (Å²) in [6.07, 6.45) is 3.48. The van der Waals surface area contributed by atoms with Crippen molar-refractivity contribution in [3.05, 3.63) is 60.1 Å². The Morgan fingerprint density at radius 2 is 1.94 bits per heavy atom. The van der Waals surface area contributed by atoms with Gasteiger partial charge < -0.3 is 9.73 Å². The third-order valence-electron chi connectivity index (χ3n) is 3.51. The van der Waals surface area contributed by atoms with Gasteiger partial charge in [0.1, 0.15) is 5.76 Å². The van der Waals surface area contributed by atoms with Gasteiger partial charge >= 0.3 is 0 Å². The van der Waals surface area contributed by atoms with Gasteiger partial charge in [-0.1, -0.05) is 30.3 Å². The quantitative estimate of drug-likeness (QED) is 0.894. The number of hydrogen-bond donors (Lipinski definition) is 1. The lowest BCUT2D eigenvalue weighted by molar-refractivity contribution is -0.123. The second kappa shape index (κ2) is 4.33. The number of nitrogens with one attached hydrogen (secondary N) is 1. The van der Waals surface area contributed by atoms with Gasteiger partial charge in [0, 0.05) is 0 Å². The van der Waals surface area contributed by atoms with Crippen molar-refractivity contribution in [1.29, 1.82) is 0 Å². The lowest BCUT2D eigenvalue weighted by Gasteiger charge is -2.15. The average molecular weight is 241 g/mol. The van der Waals surface area contributed by atoms with E-state index in [4.69, 9.17) is 4.42 Å². The molecule has 2 aromatic rings. The van der Waals surface area contributed by atoms with Crippen molar-refractivity contribution < 1.29 is 9.21 Å². The van der Waals surface area contributed by atoms with Crippen LogP contribution in [0.5, 0.6) is 0 Å². The maximum absolute atomic E-state index is 12.3. The molecule has 1 N–H and O–H groups in total. The molecule has 1 heterocycles. The Balaban J connectivity index is 1.69. The van der Waals surface area contributed by atoms with Gasteiger partial charge in [-0.05, 0) is 30.5 Å². The number of amides is 1. The van der Waals surface area contributed by atoms with Crippen LogP contribution in [-0.2, 0) is 16.8 Å². The maximum Gasteiger partial charge on any atom is 0.231 e. The van der Waals surface area contributed by atoms with Gasteiger partial charge in [0.15, 0.2) is 0 Å². The molecule has 0 saturated heterocycles. The molecule has 0 radical (unpaired) electrons. The highest BCUT2D eigenvalue weighted by atomic mass is 16.3. The summed E-state index contributed by atoms with van der Waals surface area (Å²) in [5.41, 5.74) is 0.815. The summed E-state index contributed by atoms with van der Waals surface area (Å²) in [7, 11) is 0. The molecule has 18 heavy (non-hydrogen) atoms. The Morgan fingerprint density at radius 1 is 1.17 bits per heavy atom. The standard InChI is InChI=1S/C15H15NO2/c17-14(16-11-13-7-4-10-18-13)15(8-9-15)12-5-2-1-3-6-12/h1-7,10H,8-9,11H2,(H,16,17). The van der Waals surface area contributed by atoms with E-state index in [1.54, 1.807) is 6.26 Å². The predicted molar refractivity (Wildman–Crippen MR) is 67.9 cm³/mol. The van der Waals surface area contributed by atoms with Crippen LogP contribution >= 0.6 is 0 Å². The zero-order chi connectivity index (χ0) is 12.4. The van der Waals surface area contributed by atoms with E-state index in [-0.39, 0.29) is 11.3 Å². The first-order valence-corrected chi connectivity index (χ1v) is 6.17. The van der Waals surface area contributed by atoms with Crippen LogP contribution in [0, 0.1) is 0 Å². The molecule has 0 bridgehead atoms. The van der Waals surface area contributed by atoms with E-state index in [0.29, 0.717) is 6.54 Å². The summed E-state index contributed by atoms with van der Waals surface area (Å²) < 4.78 is 5.21. The molecule has 92 valence electrons. The monoisotopic (exact) mass is 241 g/mol. The smallest absolute Gasteiger partial charge is 0.231 e. The minimum Gasteiger partial charge on any atom is -0.467 e. The summed E-state index contributed by atoms with van der Waals surface area (Å²) in [4.78, 5) is 12.3. The Bertz CT molecular complexity index is 527. The average Bonchev–Trinajstić information content (AvgIpc) is 3.07. The maximum atomic E-state index is 12.3. The van der Waals surface area contributed by atoms with Crippen molar-refractivity contribution in [2.24, 2.45) is 0 Å². The predicted octanol–water partition coefficient (Wildman–Crippen LogP) is 2.63. The first kappa shape index (κ1) is 11.1. The van der Waals surface area contributed by atoms with Crippen LogP contribution in [0.1, 0.15) is 24.2 Å². The second-order valence-electron chi connectivity index (χ2n) is 4.71. The number of benzene rings is 1. The molecule has 0 unspecified atom stereocenters. The molecule has 1 aliphatic carbocycles. The van der Waals surface area contributed by atoms with Gasteiger partial charge in [-0.3, -0.25) is 4.79 Å². The SMILES string of the molecule is O=C(NCc1ccco1)C1(c2ccccc2)CC1. The van der Waals surface area contributed by atoms with Crippen molar-refractivity contribution in [2.75, 3.05) is 0 Å². The van der Waals surface area contributed by atoms with Crippen LogP contribution in [0.2, 0.25) is 0 Å². The second-order valence-corrected chi connectivity index (χ2v) is 4.71. The number of hydrogen-bond acceptors (Lipinski definition) is 2. The Morgan fingerprint density at radius 3 is 2.56 bits per heavy atom. The topological polar surface area (TPSA) is 42.2 Å². The molecule has 1 aromatic heterocycles. The van der Waals surface area contributed by atoms with Crippen molar-refractivity contribution >= 4 is 5.91 Å². The fraction of sp³-hybridized carbons (Fsp3) is 0.267. The summed E-state index contributed by atoms with van der Waals surface area (Å²) in [6.45, 7) is 0.459. The third kappa shape index (κ3) is 1.92. The largest absolute Gasteiger partial charge is 0.467 e. The Kier molecular flexibility index (Phi) is 2.67.